The Bertz CT molecular complexity index is 563. The van der Waals surface area contributed by atoms with Gasteiger partial charge in [-0.05, 0) is 36.8 Å². The van der Waals surface area contributed by atoms with E-state index in [0.717, 1.165) is 17.5 Å². The zero-order chi connectivity index (χ0) is 14.6. The first-order valence-electron chi connectivity index (χ1n) is 6.61. The van der Waals surface area contributed by atoms with Gasteiger partial charge in [0.15, 0.2) is 0 Å². The summed E-state index contributed by atoms with van der Waals surface area (Å²) in [6.07, 6.45) is 1.25. The molecule has 2 rings (SSSR count). The van der Waals surface area contributed by atoms with Crippen LogP contribution in [0.5, 0.6) is 0 Å². The van der Waals surface area contributed by atoms with E-state index in [1.54, 1.807) is 11.3 Å². The predicted molar refractivity (Wildman–Crippen MR) is 82.2 cm³/mol. The highest BCUT2D eigenvalue weighted by Crippen LogP contribution is 2.30. The van der Waals surface area contributed by atoms with Gasteiger partial charge in [-0.3, -0.25) is 4.79 Å². The third-order valence-corrected chi connectivity index (χ3v) is 4.68. The Kier molecular flexibility index (Phi) is 4.57. The maximum Gasteiger partial charge on any atom is 0.315 e. The van der Waals surface area contributed by atoms with E-state index < -0.39 is 11.4 Å². The van der Waals surface area contributed by atoms with E-state index in [9.17, 15) is 9.90 Å². The van der Waals surface area contributed by atoms with E-state index >= 15 is 0 Å². The second-order valence-electron chi connectivity index (χ2n) is 5.04. The van der Waals surface area contributed by atoms with Crippen molar-refractivity contribution in [2.45, 2.75) is 25.2 Å². The number of carboxylic acid groups (broad SMARTS) is 1. The Hall–Kier alpha value is -1.65. The SMILES string of the molecule is Cc1ccc(C(CN)(CCc2cccs2)C(=O)O)cc1. The third kappa shape index (κ3) is 2.92. The minimum absolute atomic E-state index is 0.108. The molecule has 0 fully saturated rings. The van der Waals surface area contributed by atoms with E-state index in [1.165, 1.54) is 4.88 Å². The molecular weight excluding hydrogens is 270 g/mol. The Morgan fingerprint density at radius 2 is 2.00 bits per heavy atom. The average molecular weight is 289 g/mol. The second-order valence-corrected chi connectivity index (χ2v) is 6.07. The number of carboxylic acids is 1. The highest BCUT2D eigenvalue weighted by molar-refractivity contribution is 7.09. The van der Waals surface area contributed by atoms with E-state index in [2.05, 4.69) is 0 Å². The molecule has 106 valence electrons. The molecule has 0 bridgehead atoms. The summed E-state index contributed by atoms with van der Waals surface area (Å²) in [5, 5.41) is 11.7. The maximum atomic E-state index is 11.8. The van der Waals surface area contributed by atoms with Crippen LogP contribution in [-0.2, 0) is 16.6 Å². The number of hydrogen-bond donors (Lipinski definition) is 2. The first-order chi connectivity index (χ1) is 9.58. The monoisotopic (exact) mass is 289 g/mol. The van der Waals surface area contributed by atoms with E-state index in [1.807, 2.05) is 48.7 Å². The molecule has 0 spiro atoms. The number of nitrogens with two attached hydrogens (primary N) is 1. The molecule has 1 unspecified atom stereocenters. The van der Waals surface area contributed by atoms with Crippen LogP contribution >= 0.6 is 11.3 Å². The molecule has 1 aromatic heterocycles. The van der Waals surface area contributed by atoms with Crippen LogP contribution < -0.4 is 5.73 Å². The van der Waals surface area contributed by atoms with Crippen molar-refractivity contribution < 1.29 is 9.90 Å². The van der Waals surface area contributed by atoms with Crippen LogP contribution in [0.4, 0.5) is 0 Å². The molecule has 3 N–H and O–H groups in total. The van der Waals surface area contributed by atoms with Gasteiger partial charge in [-0.2, -0.15) is 0 Å². The van der Waals surface area contributed by atoms with Crippen LogP contribution in [0.2, 0.25) is 0 Å². The van der Waals surface area contributed by atoms with E-state index in [4.69, 9.17) is 5.73 Å². The molecule has 0 radical (unpaired) electrons. The molecule has 1 heterocycles. The van der Waals surface area contributed by atoms with Gasteiger partial charge in [0.2, 0.25) is 0 Å². The number of rotatable bonds is 6. The van der Waals surface area contributed by atoms with Gasteiger partial charge >= 0.3 is 5.97 Å². The van der Waals surface area contributed by atoms with Gasteiger partial charge in [-0.25, -0.2) is 0 Å². The zero-order valence-electron chi connectivity index (χ0n) is 11.5. The van der Waals surface area contributed by atoms with Crippen molar-refractivity contribution in [1.82, 2.24) is 0 Å². The van der Waals surface area contributed by atoms with E-state index in [-0.39, 0.29) is 6.54 Å². The summed E-state index contributed by atoms with van der Waals surface area (Å²) in [4.78, 5) is 13.0. The van der Waals surface area contributed by atoms with Gasteiger partial charge < -0.3 is 10.8 Å². The lowest BCUT2D eigenvalue weighted by Crippen LogP contribution is -2.43. The number of thiophene rings is 1. The summed E-state index contributed by atoms with van der Waals surface area (Å²) in [6, 6.07) is 11.6. The fourth-order valence-electron chi connectivity index (χ4n) is 2.35. The lowest BCUT2D eigenvalue weighted by Gasteiger charge is -2.28. The van der Waals surface area contributed by atoms with Crippen molar-refractivity contribution in [3.05, 3.63) is 57.8 Å². The molecule has 0 amide bonds. The van der Waals surface area contributed by atoms with Crippen LogP contribution in [0.25, 0.3) is 0 Å². The number of aryl methyl sites for hydroxylation is 2. The normalized spacial score (nSPS) is 13.9. The molecule has 0 saturated heterocycles. The highest BCUT2D eigenvalue weighted by atomic mass is 32.1. The van der Waals surface area contributed by atoms with Gasteiger partial charge in [0.25, 0.3) is 0 Å². The number of aliphatic carboxylic acids is 1. The largest absolute Gasteiger partial charge is 0.481 e. The molecule has 4 heteroatoms. The van der Waals surface area contributed by atoms with Crippen molar-refractivity contribution >= 4 is 17.3 Å². The van der Waals surface area contributed by atoms with Crippen LogP contribution in [0, 0.1) is 6.92 Å². The minimum Gasteiger partial charge on any atom is -0.481 e. The summed E-state index contributed by atoms with van der Waals surface area (Å²) < 4.78 is 0. The van der Waals surface area contributed by atoms with Crippen LogP contribution in [-0.4, -0.2) is 17.6 Å². The molecule has 0 aliphatic heterocycles. The van der Waals surface area contributed by atoms with Crippen LogP contribution in [0.1, 0.15) is 22.4 Å². The molecule has 20 heavy (non-hydrogen) atoms. The summed E-state index contributed by atoms with van der Waals surface area (Å²) in [5.74, 6) is -0.847. The average Bonchev–Trinajstić information content (AvgIpc) is 2.94. The summed E-state index contributed by atoms with van der Waals surface area (Å²) in [5.41, 5.74) is 6.74. The fraction of sp³-hybridized carbons (Fsp3) is 0.312. The Balaban J connectivity index is 2.29. The second kappa shape index (κ2) is 6.20. The van der Waals surface area contributed by atoms with Gasteiger partial charge in [-0.15, -0.1) is 11.3 Å². The third-order valence-electron chi connectivity index (χ3n) is 3.74. The van der Waals surface area contributed by atoms with Gasteiger partial charge in [0.1, 0.15) is 5.41 Å². The van der Waals surface area contributed by atoms with Crippen molar-refractivity contribution in [1.29, 1.82) is 0 Å². The number of hydrogen-bond acceptors (Lipinski definition) is 3. The van der Waals surface area contributed by atoms with Crippen molar-refractivity contribution in [2.24, 2.45) is 5.73 Å². The van der Waals surface area contributed by atoms with Gasteiger partial charge in [0.05, 0.1) is 0 Å². The Morgan fingerprint density at radius 1 is 1.30 bits per heavy atom. The summed E-state index contributed by atoms with van der Waals surface area (Å²) in [6.45, 7) is 2.09. The number of benzene rings is 1. The van der Waals surface area contributed by atoms with Crippen LogP contribution in [0.15, 0.2) is 41.8 Å². The minimum atomic E-state index is -1.00. The first-order valence-corrected chi connectivity index (χ1v) is 7.49. The van der Waals surface area contributed by atoms with Gasteiger partial charge in [-0.1, -0.05) is 35.9 Å². The van der Waals surface area contributed by atoms with Crippen molar-refractivity contribution in [2.75, 3.05) is 6.54 Å². The first kappa shape index (κ1) is 14.8. The fourth-order valence-corrected chi connectivity index (χ4v) is 3.05. The molecule has 0 saturated carbocycles. The highest BCUT2D eigenvalue weighted by Gasteiger charge is 2.38. The lowest BCUT2D eigenvalue weighted by molar-refractivity contribution is -0.143. The molecule has 2 aromatic rings. The number of carbonyl (C=O) groups is 1. The summed E-state index contributed by atoms with van der Waals surface area (Å²) in [7, 11) is 0. The molecule has 0 aliphatic rings. The molecular formula is C16H19NO2S. The summed E-state index contributed by atoms with van der Waals surface area (Å²) >= 11 is 1.65. The standard InChI is InChI=1S/C16H19NO2S/c1-12-4-6-13(7-5-12)16(11-17,15(18)19)9-8-14-3-2-10-20-14/h2-7,10H,8-9,11,17H2,1H3,(H,18,19). The van der Waals surface area contributed by atoms with Gasteiger partial charge in [0, 0.05) is 11.4 Å². The smallest absolute Gasteiger partial charge is 0.315 e. The van der Waals surface area contributed by atoms with E-state index in [0.29, 0.717) is 6.42 Å². The lowest BCUT2D eigenvalue weighted by atomic mass is 9.76. The Labute approximate surface area is 123 Å². The van der Waals surface area contributed by atoms with Crippen molar-refractivity contribution in [3.63, 3.8) is 0 Å². The topological polar surface area (TPSA) is 63.3 Å². The predicted octanol–water partition coefficient (Wildman–Crippen LogP) is 2.97. The Morgan fingerprint density at radius 3 is 2.50 bits per heavy atom. The molecule has 3 nitrogen and oxygen atoms in total. The molecule has 0 aliphatic carbocycles. The quantitative estimate of drug-likeness (QED) is 0.859. The van der Waals surface area contributed by atoms with Crippen molar-refractivity contribution in [3.8, 4) is 0 Å². The molecule has 1 aromatic carbocycles. The maximum absolute atomic E-state index is 11.8. The zero-order valence-corrected chi connectivity index (χ0v) is 12.3. The van der Waals surface area contributed by atoms with Crippen LogP contribution in [0.3, 0.4) is 0 Å². The molecule has 1 atom stereocenters.